The maximum atomic E-state index is 4.40. The molecule has 2 rings (SSSR count). The first kappa shape index (κ1) is 18.0. The quantitative estimate of drug-likeness (QED) is 0.647. The molecule has 0 spiro atoms. The number of rotatable bonds is 5. The number of aromatic nitrogens is 1. The third kappa shape index (κ3) is 4.82. The molecule has 4 nitrogen and oxygen atoms in total. The van der Waals surface area contributed by atoms with E-state index in [4.69, 9.17) is 0 Å². The van der Waals surface area contributed by atoms with E-state index >= 15 is 0 Å². The predicted molar refractivity (Wildman–Crippen MR) is 101 cm³/mol. The van der Waals surface area contributed by atoms with Crippen LogP contribution < -0.4 is 10.6 Å². The Bertz CT molecular complexity index is 674. The second-order valence-electron chi connectivity index (χ2n) is 6.38. The average molecular weight is 324 g/mol. The maximum absolute atomic E-state index is 4.40. The molecule has 0 saturated heterocycles. The molecule has 2 aromatic rings. The van der Waals surface area contributed by atoms with Crippen molar-refractivity contribution < 1.29 is 0 Å². The van der Waals surface area contributed by atoms with Gasteiger partial charge in [-0.3, -0.25) is 9.98 Å². The van der Waals surface area contributed by atoms with Gasteiger partial charge < -0.3 is 10.6 Å². The maximum Gasteiger partial charge on any atom is 0.191 e. The third-order valence-corrected chi connectivity index (χ3v) is 4.22. The van der Waals surface area contributed by atoms with Crippen LogP contribution in [-0.4, -0.2) is 18.0 Å². The highest BCUT2D eigenvalue weighted by atomic mass is 15.2. The van der Waals surface area contributed by atoms with Gasteiger partial charge in [0.25, 0.3) is 0 Å². The van der Waals surface area contributed by atoms with Gasteiger partial charge in [0.15, 0.2) is 5.96 Å². The molecule has 1 heterocycles. The van der Waals surface area contributed by atoms with Crippen molar-refractivity contribution in [1.82, 2.24) is 15.6 Å². The van der Waals surface area contributed by atoms with Crippen LogP contribution in [-0.2, 0) is 6.54 Å². The Morgan fingerprint density at radius 3 is 2.33 bits per heavy atom. The van der Waals surface area contributed by atoms with Gasteiger partial charge in [0.05, 0.1) is 18.3 Å². The Hall–Kier alpha value is -2.36. The smallest absolute Gasteiger partial charge is 0.191 e. The Kier molecular flexibility index (Phi) is 6.36. The third-order valence-electron chi connectivity index (χ3n) is 4.22. The Morgan fingerprint density at radius 1 is 1.08 bits per heavy atom. The lowest BCUT2D eigenvalue weighted by Crippen LogP contribution is -2.38. The molecule has 2 N–H and O–H groups in total. The number of pyridine rings is 1. The minimum Gasteiger partial charge on any atom is -0.351 e. The van der Waals surface area contributed by atoms with E-state index in [1.165, 1.54) is 16.7 Å². The minimum atomic E-state index is 0.183. The van der Waals surface area contributed by atoms with Crippen molar-refractivity contribution in [3.05, 3.63) is 65.0 Å². The van der Waals surface area contributed by atoms with Gasteiger partial charge in [0.1, 0.15) is 0 Å². The van der Waals surface area contributed by atoms with Crippen LogP contribution in [0.25, 0.3) is 0 Å². The van der Waals surface area contributed by atoms with Crippen LogP contribution in [0, 0.1) is 6.92 Å². The van der Waals surface area contributed by atoms with E-state index < -0.39 is 0 Å². The highest BCUT2D eigenvalue weighted by Gasteiger charge is 2.09. The number of guanidine groups is 1. The Balaban J connectivity index is 1.95. The normalized spacial score (nSPS) is 13.0. The highest BCUT2D eigenvalue weighted by Crippen LogP contribution is 2.18. The van der Waals surface area contributed by atoms with E-state index in [-0.39, 0.29) is 6.04 Å². The first-order valence-corrected chi connectivity index (χ1v) is 8.48. The summed E-state index contributed by atoms with van der Waals surface area (Å²) in [5.41, 5.74) is 4.82. The lowest BCUT2D eigenvalue weighted by Gasteiger charge is -2.19. The molecule has 0 fully saturated rings. The zero-order valence-corrected chi connectivity index (χ0v) is 15.3. The summed E-state index contributed by atoms with van der Waals surface area (Å²) in [6.07, 6.45) is 1.82. The summed E-state index contributed by atoms with van der Waals surface area (Å²) in [6.45, 7) is 9.29. The molecule has 1 unspecified atom stereocenters. The standard InChI is InChI=1S/C20H28N4/c1-14(2)17-8-10-18(11-9-17)16(4)24-20(21-5)23-13-19-15(3)7-6-12-22-19/h6-12,14,16H,13H2,1-5H3,(H2,21,23,24). The number of hydrogen-bond donors (Lipinski definition) is 2. The summed E-state index contributed by atoms with van der Waals surface area (Å²) in [5, 5.41) is 6.77. The lowest BCUT2D eigenvalue weighted by molar-refractivity contribution is 0.681. The van der Waals surface area contributed by atoms with E-state index in [0.29, 0.717) is 12.5 Å². The molecule has 0 bridgehead atoms. The average Bonchev–Trinajstić information content (AvgIpc) is 2.59. The van der Waals surface area contributed by atoms with Gasteiger partial charge in [-0.1, -0.05) is 44.2 Å². The molecule has 0 aliphatic heterocycles. The van der Waals surface area contributed by atoms with Gasteiger partial charge in [0.2, 0.25) is 0 Å². The topological polar surface area (TPSA) is 49.3 Å². The number of nitrogens with one attached hydrogen (secondary N) is 2. The molecule has 0 saturated carbocycles. The van der Waals surface area contributed by atoms with E-state index in [1.807, 2.05) is 12.3 Å². The van der Waals surface area contributed by atoms with Crippen molar-refractivity contribution in [2.24, 2.45) is 4.99 Å². The van der Waals surface area contributed by atoms with Crippen LogP contribution >= 0.6 is 0 Å². The van der Waals surface area contributed by atoms with Gasteiger partial charge >= 0.3 is 0 Å². The van der Waals surface area contributed by atoms with Gasteiger partial charge in [-0.2, -0.15) is 0 Å². The fourth-order valence-electron chi connectivity index (χ4n) is 2.52. The van der Waals surface area contributed by atoms with Crippen LogP contribution in [0.1, 0.15) is 55.1 Å². The SMILES string of the molecule is CN=C(NCc1ncccc1C)NC(C)c1ccc(C(C)C)cc1. The van der Waals surface area contributed by atoms with Gasteiger partial charge in [0, 0.05) is 13.2 Å². The number of hydrogen-bond acceptors (Lipinski definition) is 2. The molecule has 1 aromatic carbocycles. The molecule has 1 aromatic heterocycles. The number of nitrogens with zero attached hydrogens (tertiary/aromatic N) is 2. The van der Waals surface area contributed by atoms with Crippen molar-refractivity contribution in [3.63, 3.8) is 0 Å². The second-order valence-corrected chi connectivity index (χ2v) is 6.38. The number of aryl methyl sites for hydroxylation is 1. The molecular formula is C20H28N4. The molecule has 4 heteroatoms. The summed E-state index contributed by atoms with van der Waals surface area (Å²) in [4.78, 5) is 8.71. The second kappa shape index (κ2) is 8.48. The summed E-state index contributed by atoms with van der Waals surface area (Å²) in [6, 6.07) is 13.0. The zero-order valence-electron chi connectivity index (χ0n) is 15.3. The number of aliphatic imine (C=N–C) groups is 1. The molecule has 0 aliphatic rings. The van der Waals surface area contributed by atoms with Crippen molar-refractivity contribution in [2.75, 3.05) is 7.05 Å². The van der Waals surface area contributed by atoms with Crippen molar-refractivity contribution in [2.45, 2.75) is 46.2 Å². The van der Waals surface area contributed by atoms with Crippen molar-refractivity contribution in [3.8, 4) is 0 Å². The minimum absolute atomic E-state index is 0.183. The highest BCUT2D eigenvalue weighted by molar-refractivity contribution is 5.80. The first-order chi connectivity index (χ1) is 11.5. The van der Waals surface area contributed by atoms with E-state index in [0.717, 1.165) is 11.7 Å². The van der Waals surface area contributed by atoms with Crippen LogP contribution in [0.15, 0.2) is 47.6 Å². The van der Waals surface area contributed by atoms with Crippen molar-refractivity contribution in [1.29, 1.82) is 0 Å². The Labute approximate surface area is 145 Å². The lowest BCUT2D eigenvalue weighted by atomic mass is 10.00. The monoisotopic (exact) mass is 324 g/mol. The predicted octanol–water partition coefficient (Wildman–Crippen LogP) is 3.94. The fourth-order valence-corrected chi connectivity index (χ4v) is 2.52. The summed E-state index contributed by atoms with van der Waals surface area (Å²) < 4.78 is 0. The van der Waals surface area contributed by atoms with Crippen LogP contribution in [0.2, 0.25) is 0 Å². The molecule has 0 amide bonds. The molecule has 0 aliphatic carbocycles. The van der Waals surface area contributed by atoms with Gasteiger partial charge in [-0.05, 0) is 42.5 Å². The summed E-state index contributed by atoms with van der Waals surface area (Å²) in [5.74, 6) is 1.33. The Morgan fingerprint density at radius 2 is 1.75 bits per heavy atom. The van der Waals surface area contributed by atoms with E-state index in [9.17, 15) is 0 Å². The van der Waals surface area contributed by atoms with E-state index in [2.05, 4.69) is 78.6 Å². The molecule has 1 atom stereocenters. The zero-order chi connectivity index (χ0) is 17.5. The van der Waals surface area contributed by atoms with E-state index in [1.54, 1.807) is 7.05 Å². The van der Waals surface area contributed by atoms with Gasteiger partial charge in [-0.25, -0.2) is 0 Å². The molecule has 24 heavy (non-hydrogen) atoms. The van der Waals surface area contributed by atoms with Gasteiger partial charge in [-0.15, -0.1) is 0 Å². The van der Waals surface area contributed by atoms with Crippen LogP contribution in [0.5, 0.6) is 0 Å². The summed E-state index contributed by atoms with van der Waals surface area (Å²) in [7, 11) is 1.79. The van der Waals surface area contributed by atoms with Crippen LogP contribution in [0.3, 0.4) is 0 Å². The van der Waals surface area contributed by atoms with Crippen LogP contribution in [0.4, 0.5) is 0 Å². The molecule has 128 valence electrons. The molecular weight excluding hydrogens is 296 g/mol. The first-order valence-electron chi connectivity index (χ1n) is 8.48. The summed E-state index contributed by atoms with van der Waals surface area (Å²) >= 11 is 0. The largest absolute Gasteiger partial charge is 0.351 e. The number of benzene rings is 1. The molecule has 0 radical (unpaired) electrons. The fraction of sp³-hybridized carbons (Fsp3) is 0.400. The van der Waals surface area contributed by atoms with Crippen molar-refractivity contribution >= 4 is 5.96 Å².